The fraction of sp³-hybridized carbons (Fsp3) is 0.606. The molecule has 7 atom stereocenters. The van der Waals surface area contributed by atoms with Crippen LogP contribution in [0.5, 0.6) is 0 Å². The van der Waals surface area contributed by atoms with Crippen LogP contribution in [0.3, 0.4) is 0 Å². The third kappa shape index (κ3) is 5.36. The van der Waals surface area contributed by atoms with Gasteiger partial charge in [-0.05, 0) is 86.2 Å². The van der Waals surface area contributed by atoms with Crippen molar-refractivity contribution < 1.29 is 14.4 Å². The van der Waals surface area contributed by atoms with Gasteiger partial charge in [0.25, 0.3) is 0 Å². The summed E-state index contributed by atoms with van der Waals surface area (Å²) in [4.78, 5) is 39.4. The smallest absolute Gasteiger partial charge is 0.229 e. The Kier molecular flexibility index (Phi) is 8.17. The molecule has 0 aromatic heterocycles. The fourth-order valence-electron chi connectivity index (χ4n) is 6.91. The molecule has 1 fully saturated rings. The Hall–Kier alpha value is -2.29. The lowest BCUT2D eigenvalue weighted by molar-refractivity contribution is -0.136. The first-order chi connectivity index (χ1) is 17.1. The van der Waals surface area contributed by atoms with Crippen LogP contribution in [0.15, 0.2) is 58.7 Å². The average molecular weight is 489 g/mol. The van der Waals surface area contributed by atoms with Gasteiger partial charge in [0.1, 0.15) is 5.78 Å². The first kappa shape index (κ1) is 26.8. The molecular formula is C33H44O3. The van der Waals surface area contributed by atoms with Crippen LogP contribution < -0.4 is 0 Å². The number of fused-ring (bicyclic) bond motifs is 1. The summed E-state index contributed by atoms with van der Waals surface area (Å²) in [5.41, 5.74) is 3.84. The predicted octanol–water partition coefficient (Wildman–Crippen LogP) is 7.40. The van der Waals surface area contributed by atoms with E-state index in [1.807, 2.05) is 6.08 Å². The molecule has 6 unspecified atom stereocenters. The van der Waals surface area contributed by atoms with Crippen LogP contribution in [-0.2, 0) is 14.4 Å². The molecule has 0 aromatic rings. The van der Waals surface area contributed by atoms with E-state index in [2.05, 4.69) is 58.1 Å². The summed E-state index contributed by atoms with van der Waals surface area (Å²) in [7, 11) is 0. The second-order valence-electron chi connectivity index (χ2n) is 12.3. The number of rotatable bonds is 8. The molecule has 0 N–H and O–H groups in total. The van der Waals surface area contributed by atoms with E-state index in [0.717, 1.165) is 36.8 Å². The van der Waals surface area contributed by atoms with Crippen molar-refractivity contribution in [2.24, 2.45) is 47.3 Å². The molecule has 4 aliphatic rings. The molecule has 0 heterocycles. The zero-order valence-electron chi connectivity index (χ0n) is 23.1. The maximum Gasteiger partial charge on any atom is 0.229 e. The molecule has 194 valence electrons. The summed E-state index contributed by atoms with van der Waals surface area (Å²) in [5.74, 6) is 1.48. The van der Waals surface area contributed by atoms with Crippen LogP contribution in [0.25, 0.3) is 0 Å². The third-order valence-electron chi connectivity index (χ3n) is 9.31. The Morgan fingerprint density at radius 3 is 2.42 bits per heavy atom. The van der Waals surface area contributed by atoms with Crippen LogP contribution >= 0.6 is 0 Å². The van der Waals surface area contributed by atoms with Crippen molar-refractivity contribution in [3.8, 4) is 0 Å². The molecule has 0 saturated heterocycles. The lowest BCUT2D eigenvalue weighted by atomic mass is 9.63. The van der Waals surface area contributed by atoms with E-state index in [1.54, 1.807) is 13.8 Å². The number of hydrogen-bond acceptors (Lipinski definition) is 3. The Balaban J connectivity index is 1.49. The normalized spacial score (nSPS) is 33.9. The van der Waals surface area contributed by atoms with E-state index in [4.69, 9.17) is 0 Å². The second-order valence-corrected chi connectivity index (χ2v) is 12.3. The monoisotopic (exact) mass is 488 g/mol. The van der Waals surface area contributed by atoms with E-state index in [-0.39, 0.29) is 29.5 Å². The average Bonchev–Trinajstić information content (AvgIpc) is 3.28. The zero-order chi connectivity index (χ0) is 26.1. The number of hydrogen-bond donors (Lipinski definition) is 0. The molecule has 4 rings (SSSR count). The van der Waals surface area contributed by atoms with Gasteiger partial charge in [-0.1, -0.05) is 76.6 Å². The van der Waals surface area contributed by atoms with Crippen molar-refractivity contribution in [1.29, 1.82) is 0 Å². The SMILES string of the molecule is CCC1C=C2CC=C(C(=O)C(=O)C(C)C)C2=CC1C(=O)C1CC(C)C(CC2C=CC(C)=CC2)C[C@H]1C. The molecule has 0 radical (unpaired) electrons. The highest BCUT2D eigenvalue weighted by Crippen LogP contribution is 2.46. The summed E-state index contributed by atoms with van der Waals surface area (Å²) in [6.45, 7) is 12.5. The molecule has 3 heteroatoms. The molecule has 0 bridgehead atoms. The van der Waals surface area contributed by atoms with Gasteiger partial charge in [0, 0.05) is 23.3 Å². The van der Waals surface area contributed by atoms with E-state index in [9.17, 15) is 14.4 Å². The second kappa shape index (κ2) is 11.0. The van der Waals surface area contributed by atoms with E-state index in [1.165, 1.54) is 12.0 Å². The van der Waals surface area contributed by atoms with Crippen molar-refractivity contribution in [2.75, 3.05) is 0 Å². The lowest BCUT2D eigenvalue weighted by Gasteiger charge is -2.41. The van der Waals surface area contributed by atoms with E-state index >= 15 is 0 Å². The number of allylic oxidation sites excluding steroid dienone is 10. The Labute approximate surface area is 217 Å². The molecule has 1 saturated carbocycles. The standard InChI is InChI=1S/C33H44O3/c1-7-24-17-25-12-13-27(33(36)31(34)19(2)3)29(25)18-30(24)32(35)28-15-21(5)26(14-22(28)6)16-23-10-8-20(4)9-11-23/h8-10,13,17-19,21-24,26,28,30H,7,11-12,14-16H2,1-6H3/t21?,22-,23?,24?,26?,28?,30?/m1/s1. The first-order valence-corrected chi connectivity index (χ1v) is 14.2. The third-order valence-corrected chi connectivity index (χ3v) is 9.31. The van der Waals surface area contributed by atoms with E-state index < -0.39 is 5.78 Å². The first-order valence-electron chi connectivity index (χ1n) is 14.2. The van der Waals surface area contributed by atoms with Gasteiger partial charge in [-0.15, -0.1) is 0 Å². The largest absolute Gasteiger partial charge is 0.299 e. The summed E-state index contributed by atoms with van der Waals surface area (Å²) in [6.07, 6.45) is 19.2. The van der Waals surface area contributed by atoms with Crippen LogP contribution in [0.4, 0.5) is 0 Å². The Morgan fingerprint density at radius 2 is 1.78 bits per heavy atom. The quantitative estimate of drug-likeness (QED) is 0.334. The highest BCUT2D eigenvalue weighted by molar-refractivity contribution is 6.45. The molecular weight excluding hydrogens is 444 g/mol. The van der Waals surface area contributed by atoms with Crippen molar-refractivity contribution in [2.45, 2.75) is 80.1 Å². The molecule has 0 spiro atoms. The molecule has 0 amide bonds. The number of Topliss-reactive ketones (excluding diaryl/α,β-unsaturated/α-hetero) is 3. The Morgan fingerprint density at radius 1 is 1.03 bits per heavy atom. The maximum absolute atomic E-state index is 14.1. The molecule has 0 aromatic carbocycles. The zero-order valence-corrected chi connectivity index (χ0v) is 23.1. The lowest BCUT2D eigenvalue weighted by Crippen LogP contribution is -2.39. The minimum Gasteiger partial charge on any atom is -0.299 e. The molecule has 36 heavy (non-hydrogen) atoms. The fourth-order valence-corrected chi connectivity index (χ4v) is 6.91. The number of ketones is 3. The van der Waals surface area contributed by atoms with Crippen LogP contribution in [0.1, 0.15) is 80.1 Å². The van der Waals surface area contributed by atoms with Crippen molar-refractivity contribution in [3.63, 3.8) is 0 Å². The van der Waals surface area contributed by atoms with Crippen LogP contribution in [0.2, 0.25) is 0 Å². The van der Waals surface area contributed by atoms with Crippen molar-refractivity contribution in [3.05, 3.63) is 58.7 Å². The summed E-state index contributed by atoms with van der Waals surface area (Å²) in [6, 6.07) is 0. The van der Waals surface area contributed by atoms with Gasteiger partial charge >= 0.3 is 0 Å². The topological polar surface area (TPSA) is 51.2 Å². The van der Waals surface area contributed by atoms with Gasteiger partial charge in [0.15, 0.2) is 0 Å². The number of carbonyl (C=O) groups excluding carboxylic acids is 3. The summed E-state index contributed by atoms with van der Waals surface area (Å²) in [5, 5.41) is 0. The molecule has 3 nitrogen and oxygen atoms in total. The Bertz CT molecular complexity index is 1060. The van der Waals surface area contributed by atoms with Crippen molar-refractivity contribution >= 4 is 17.3 Å². The minimum atomic E-state index is -0.398. The molecule has 0 aliphatic heterocycles. The van der Waals surface area contributed by atoms with Crippen molar-refractivity contribution in [1.82, 2.24) is 0 Å². The predicted molar refractivity (Wildman–Crippen MR) is 146 cm³/mol. The van der Waals surface area contributed by atoms with E-state index in [0.29, 0.717) is 41.4 Å². The van der Waals surface area contributed by atoms with Gasteiger partial charge in [-0.25, -0.2) is 0 Å². The van der Waals surface area contributed by atoms with Crippen LogP contribution in [0, 0.1) is 47.3 Å². The number of carbonyl (C=O) groups is 3. The highest BCUT2D eigenvalue weighted by atomic mass is 16.2. The van der Waals surface area contributed by atoms with Gasteiger partial charge in [0.05, 0.1) is 0 Å². The molecule has 4 aliphatic carbocycles. The summed E-state index contributed by atoms with van der Waals surface area (Å²) < 4.78 is 0. The minimum absolute atomic E-state index is 0.0629. The van der Waals surface area contributed by atoms with Gasteiger partial charge < -0.3 is 0 Å². The van der Waals surface area contributed by atoms with Gasteiger partial charge in [-0.2, -0.15) is 0 Å². The van der Waals surface area contributed by atoms with Gasteiger partial charge in [0.2, 0.25) is 11.6 Å². The van der Waals surface area contributed by atoms with Crippen LogP contribution in [-0.4, -0.2) is 17.3 Å². The highest BCUT2D eigenvalue weighted by Gasteiger charge is 2.42. The summed E-state index contributed by atoms with van der Waals surface area (Å²) >= 11 is 0. The van der Waals surface area contributed by atoms with Gasteiger partial charge in [-0.3, -0.25) is 14.4 Å². The maximum atomic E-state index is 14.1.